The van der Waals surface area contributed by atoms with Crippen LogP contribution in [0.4, 0.5) is 0 Å². The second-order valence-corrected chi connectivity index (χ2v) is 5.77. The maximum atomic E-state index is 11.0. The molecule has 21 heavy (non-hydrogen) atoms. The third kappa shape index (κ3) is 3.09. The van der Waals surface area contributed by atoms with Crippen LogP contribution in [0.15, 0.2) is 30.5 Å². The molecule has 2 aromatic rings. The Morgan fingerprint density at radius 2 is 2.19 bits per heavy atom. The van der Waals surface area contributed by atoms with Gasteiger partial charge in [0.15, 0.2) is 0 Å². The Hall–Kier alpha value is -1.85. The van der Waals surface area contributed by atoms with Gasteiger partial charge < -0.3 is 5.11 Å². The SMILES string of the molecule is O=C(O)C1CCN(Cc2cn[nH]c2-c2ccc(Cl)cc2)C1. The lowest BCUT2D eigenvalue weighted by Gasteiger charge is -2.15. The topological polar surface area (TPSA) is 69.2 Å². The molecule has 3 rings (SSSR count). The Labute approximate surface area is 127 Å². The lowest BCUT2D eigenvalue weighted by Crippen LogP contribution is -2.22. The van der Waals surface area contributed by atoms with Crippen LogP contribution in [0.3, 0.4) is 0 Å². The van der Waals surface area contributed by atoms with E-state index in [1.54, 1.807) is 6.20 Å². The van der Waals surface area contributed by atoms with Crippen molar-refractivity contribution in [3.05, 3.63) is 41.0 Å². The van der Waals surface area contributed by atoms with Gasteiger partial charge in [0, 0.05) is 23.7 Å². The number of halogens is 1. The van der Waals surface area contributed by atoms with Crippen molar-refractivity contribution in [2.24, 2.45) is 5.92 Å². The third-order valence-electron chi connectivity index (χ3n) is 3.87. The fourth-order valence-electron chi connectivity index (χ4n) is 2.72. The zero-order valence-electron chi connectivity index (χ0n) is 11.4. The average molecular weight is 306 g/mol. The van der Waals surface area contributed by atoms with Crippen molar-refractivity contribution in [1.82, 2.24) is 15.1 Å². The Balaban J connectivity index is 1.74. The first-order valence-corrected chi connectivity index (χ1v) is 7.24. The van der Waals surface area contributed by atoms with E-state index in [4.69, 9.17) is 16.7 Å². The molecule has 1 aromatic carbocycles. The summed E-state index contributed by atoms with van der Waals surface area (Å²) in [6.07, 6.45) is 2.52. The zero-order valence-corrected chi connectivity index (χ0v) is 12.2. The summed E-state index contributed by atoms with van der Waals surface area (Å²) in [6, 6.07) is 7.59. The fraction of sp³-hybridized carbons (Fsp3) is 0.333. The van der Waals surface area contributed by atoms with E-state index in [-0.39, 0.29) is 5.92 Å². The molecule has 1 unspecified atom stereocenters. The smallest absolute Gasteiger partial charge is 0.307 e. The molecule has 0 amide bonds. The van der Waals surface area contributed by atoms with Crippen molar-refractivity contribution in [2.45, 2.75) is 13.0 Å². The molecule has 0 radical (unpaired) electrons. The van der Waals surface area contributed by atoms with Crippen molar-refractivity contribution in [3.8, 4) is 11.3 Å². The number of rotatable bonds is 4. The first kappa shape index (κ1) is 14.1. The molecule has 1 fully saturated rings. The molecule has 6 heteroatoms. The number of aliphatic carboxylic acids is 1. The molecule has 110 valence electrons. The Bertz CT molecular complexity index is 639. The Kier molecular flexibility index (Phi) is 3.94. The number of nitrogens with zero attached hydrogens (tertiary/aromatic N) is 2. The van der Waals surface area contributed by atoms with Crippen LogP contribution in [-0.2, 0) is 11.3 Å². The van der Waals surface area contributed by atoms with E-state index >= 15 is 0 Å². The number of hydrogen-bond acceptors (Lipinski definition) is 3. The molecule has 2 heterocycles. The number of carboxylic acids is 1. The van der Waals surface area contributed by atoms with Gasteiger partial charge in [0.25, 0.3) is 0 Å². The minimum absolute atomic E-state index is 0.254. The lowest BCUT2D eigenvalue weighted by molar-refractivity contribution is -0.141. The molecule has 1 aromatic heterocycles. The highest BCUT2D eigenvalue weighted by Gasteiger charge is 2.28. The predicted octanol–water partition coefficient (Wildman–Crippen LogP) is 2.64. The normalized spacial score (nSPS) is 19.0. The largest absolute Gasteiger partial charge is 0.481 e. The minimum atomic E-state index is -0.706. The number of benzene rings is 1. The molecule has 0 bridgehead atoms. The van der Waals surface area contributed by atoms with E-state index in [2.05, 4.69) is 15.1 Å². The Morgan fingerprint density at radius 3 is 2.86 bits per heavy atom. The highest BCUT2D eigenvalue weighted by Crippen LogP contribution is 2.26. The molecule has 1 saturated heterocycles. The molecular formula is C15H16ClN3O2. The monoisotopic (exact) mass is 305 g/mol. The molecule has 1 aliphatic rings. The van der Waals surface area contributed by atoms with Gasteiger partial charge >= 0.3 is 5.97 Å². The van der Waals surface area contributed by atoms with Crippen LogP contribution in [-0.4, -0.2) is 39.3 Å². The van der Waals surface area contributed by atoms with Crippen LogP contribution < -0.4 is 0 Å². The molecule has 1 atom stereocenters. The van der Waals surface area contributed by atoms with Gasteiger partial charge in [-0.25, -0.2) is 0 Å². The van der Waals surface area contributed by atoms with Gasteiger partial charge in [0.05, 0.1) is 17.8 Å². The van der Waals surface area contributed by atoms with Gasteiger partial charge in [0.1, 0.15) is 0 Å². The van der Waals surface area contributed by atoms with Crippen LogP contribution in [0.2, 0.25) is 5.02 Å². The molecule has 0 aliphatic carbocycles. The van der Waals surface area contributed by atoms with Crippen molar-refractivity contribution >= 4 is 17.6 Å². The summed E-state index contributed by atoms with van der Waals surface area (Å²) in [5.41, 5.74) is 3.06. The zero-order chi connectivity index (χ0) is 14.8. The van der Waals surface area contributed by atoms with Crippen LogP contribution in [0, 0.1) is 5.92 Å². The van der Waals surface area contributed by atoms with E-state index in [0.29, 0.717) is 24.5 Å². The van der Waals surface area contributed by atoms with Crippen molar-refractivity contribution in [3.63, 3.8) is 0 Å². The molecule has 2 N–H and O–H groups in total. The van der Waals surface area contributed by atoms with Crippen LogP contribution in [0.5, 0.6) is 0 Å². The summed E-state index contributed by atoms with van der Waals surface area (Å²) in [5.74, 6) is -0.960. The van der Waals surface area contributed by atoms with Crippen molar-refractivity contribution < 1.29 is 9.90 Å². The number of nitrogens with one attached hydrogen (secondary N) is 1. The lowest BCUT2D eigenvalue weighted by atomic mass is 10.1. The highest BCUT2D eigenvalue weighted by atomic mass is 35.5. The van der Waals surface area contributed by atoms with Crippen LogP contribution in [0.25, 0.3) is 11.3 Å². The van der Waals surface area contributed by atoms with E-state index in [0.717, 1.165) is 23.4 Å². The first-order chi connectivity index (χ1) is 10.1. The van der Waals surface area contributed by atoms with E-state index in [1.165, 1.54) is 0 Å². The van der Waals surface area contributed by atoms with Gasteiger partial charge in [-0.15, -0.1) is 0 Å². The third-order valence-corrected chi connectivity index (χ3v) is 4.12. The van der Waals surface area contributed by atoms with Crippen LogP contribution in [0.1, 0.15) is 12.0 Å². The van der Waals surface area contributed by atoms with Gasteiger partial charge in [-0.2, -0.15) is 5.10 Å². The second kappa shape index (κ2) is 5.87. The predicted molar refractivity (Wildman–Crippen MR) is 80.1 cm³/mol. The van der Waals surface area contributed by atoms with Gasteiger partial charge in [-0.1, -0.05) is 23.7 Å². The molecule has 5 nitrogen and oxygen atoms in total. The summed E-state index contributed by atoms with van der Waals surface area (Å²) < 4.78 is 0. The standard InChI is InChI=1S/C15H16ClN3O2/c16-13-3-1-10(2-4-13)14-12(7-17-18-14)9-19-6-5-11(8-19)15(20)21/h1-4,7,11H,5-6,8-9H2,(H,17,18)(H,20,21). The van der Waals surface area contributed by atoms with Gasteiger partial charge in [0.2, 0.25) is 0 Å². The summed E-state index contributed by atoms with van der Waals surface area (Å²) in [5, 5.41) is 16.9. The summed E-state index contributed by atoms with van der Waals surface area (Å²) in [6.45, 7) is 2.11. The first-order valence-electron chi connectivity index (χ1n) is 6.87. The summed E-state index contributed by atoms with van der Waals surface area (Å²) >= 11 is 5.91. The van der Waals surface area contributed by atoms with E-state index in [9.17, 15) is 4.79 Å². The van der Waals surface area contributed by atoms with Gasteiger partial charge in [-0.05, 0) is 30.7 Å². The van der Waals surface area contributed by atoms with Crippen molar-refractivity contribution in [2.75, 3.05) is 13.1 Å². The number of H-pyrrole nitrogens is 1. The van der Waals surface area contributed by atoms with Crippen molar-refractivity contribution in [1.29, 1.82) is 0 Å². The minimum Gasteiger partial charge on any atom is -0.481 e. The molecule has 0 spiro atoms. The number of aromatic nitrogens is 2. The van der Waals surface area contributed by atoms with Gasteiger partial charge in [-0.3, -0.25) is 14.8 Å². The maximum Gasteiger partial charge on any atom is 0.307 e. The van der Waals surface area contributed by atoms with Crippen LogP contribution >= 0.6 is 11.6 Å². The number of hydrogen-bond donors (Lipinski definition) is 2. The Morgan fingerprint density at radius 1 is 1.43 bits per heavy atom. The summed E-state index contributed by atoms with van der Waals surface area (Å²) in [7, 11) is 0. The quantitative estimate of drug-likeness (QED) is 0.911. The number of likely N-dealkylation sites (tertiary alicyclic amines) is 1. The average Bonchev–Trinajstić information content (AvgIpc) is 3.10. The fourth-order valence-corrected chi connectivity index (χ4v) is 2.84. The maximum absolute atomic E-state index is 11.0. The molecule has 0 saturated carbocycles. The van der Waals surface area contributed by atoms with E-state index < -0.39 is 5.97 Å². The molecule has 1 aliphatic heterocycles. The highest BCUT2D eigenvalue weighted by molar-refractivity contribution is 6.30. The number of aromatic amines is 1. The second-order valence-electron chi connectivity index (χ2n) is 5.34. The summed E-state index contributed by atoms with van der Waals surface area (Å²) in [4.78, 5) is 13.2. The van der Waals surface area contributed by atoms with E-state index in [1.807, 2.05) is 24.3 Å². The number of carboxylic acid groups (broad SMARTS) is 1. The number of carbonyl (C=O) groups is 1. The molecular weight excluding hydrogens is 290 g/mol.